The monoisotopic (exact) mass is 312 g/mol. The zero-order chi connectivity index (χ0) is 16.4. The van der Waals surface area contributed by atoms with Gasteiger partial charge in [-0.2, -0.15) is 0 Å². The summed E-state index contributed by atoms with van der Waals surface area (Å²) >= 11 is 0. The fourth-order valence-electron chi connectivity index (χ4n) is 6.63. The second-order valence-electron chi connectivity index (χ2n) is 8.54. The minimum atomic E-state index is 0.231. The van der Waals surface area contributed by atoms with Crippen molar-refractivity contribution in [3.05, 3.63) is 28.8 Å². The number of carbonyl (C=O) groups excluding carboxylic acids is 1. The van der Waals surface area contributed by atoms with Crippen molar-refractivity contribution in [2.45, 2.75) is 65.2 Å². The van der Waals surface area contributed by atoms with Crippen LogP contribution in [0, 0.1) is 30.1 Å². The van der Waals surface area contributed by atoms with Gasteiger partial charge in [-0.25, -0.2) is 0 Å². The molecule has 3 unspecified atom stereocenters. The van der Waals surface area contributed by atoms with Crippen molar-refractivity contribution in [2.24, 2.45) is 23.2 Å². The van der Waals surface area contributed by atoms with Crippen LogP contribution < -0.4 is 0 Å². The fourth-order valence-corrected chi connectivity index (χ4v) is 6.63. The van der Waals surface area contributed by atoms with E-state index in [4.69, 9.17) is 0 Å². The Morgan fingerprint density at radius 1 is 1.22 bits per heavy atom. The first-order chi connectivity index (χ1) is 10.9. The third-order valence-electron chi connectivity index (χ3n) is 7.50. The lowest BCUT2D eigenvalue weighted by atomic mass is 9.53. The summed E-state index contributed by atoms with van der Waals surface area (Å²) in [4.78, 5) is 12.1. The number of ketones is 1. The standard InChI is InChI=1S/C21H28O2/c1-12-10-15(23)11-14-4-5-16-17(20(12)14)8-9-21(3)18(13(2)22)6-7-19(16)21/h10-11,16-19,23H,4-9H2,1-3H3/t16?,17?,18-,19?,21-/m1/s1. The van der Waals surface area contributed by atoms with Crippen LogP contribution >= 0.6 is 0 Å². The van der Waals surface area contributed by atoms with Gasteiger partial charge in [-0.05, 0) is 104 Å². The third-order valence-corrected chi connectivity index (χ3v) is 7.50. The summed E-state index contributed by atoms with van der Waals surface area (Å²) in [6.45, 7) is 6.35. The number of Topliss-reactive ketones (excluding diaryl/α,β-unsaturated/α-hetero) is 1. The van der Waals surface area contributed by atoms with Crippen molar-refractivity contribution in [3.8, 4) is 5.75 Å². The summed E-state index contributed by atoms with van der Waals surface area (Å²) in [7, 11) is 0. The first-order valence-electron chi connectivity index (χ1n) is 9.24. The quantitative estimate of drug-likeness (QED) is 0.811. The van der Waals surface area contributed by atoms with E-state index in [1.54, 1.807) is 6.92 Å². The molecule has 2 fully saturated rings. The van der Waals surface area contributed by atoms with E-state index in [1.165, 1.54) is 42.4 Å². The topological polar surface area (TPSA) is 37.3 Å². The number of rotatable bonds is 1. The molecule has 0 bridgehead atoms. The van der Waals surface area contributed by atoms with Crippen LogP contribution in [0.5, 0.6) is 5.75 Å². The molecular weight excluding hydrogens is 284 g/mol. The van der Waals surface area contributed by atoms with E-state index in [2.05, 4.69) is 13.8 Å². The van der Waals surface area contributed by atoms with Gasteiger partial charge in [0.25, 0.3) is 0 Å². The van der Waals surface area contributed by atoms with E-state index in [0.29, 0.717) is 23.4 Å². The van der Waals surface area contributed by atoms with Gasteiger partial charge in [0.2, 0.25) is 0 Å². The lowest BCUT2D eigenvalue weighted by Gasteiger charge is -2.51. The molecule has 4 rings (SSSR count). The Balaban J connectivity index is 1.72. The molecule has 0 spiro atoms. The Morgan fingerprint density at radius 3 is 2.74 bits per heavy atom. The van der Waals surface area contributed by atoms with Crippen LogP contribution in [0.1, 0.15) is 68.6 Å². The number of aryl methyl sites for hydroxylation is 2. The first-order valence-corrected chi connectivity index (χ1v) is 9.24. The van der Waals surface area contributed by atoms with Crippen LogP contribution in [0.3, 0.4) is 0 Å². The molecular formula is C21H28O2. The van der Waals surface area contributed by atoms with Gasteiger partial charge in [0, 0.05) is 5.92 Å². The van der Waals surface area contributed by atoms with Crippen molar-refractivity contribution < 1.29 is 9.90 Å². The van der Waals surface area contributed by atoms with Gasteiger partial charge in [0.05, 0.1) is 0 Å². The van der Waals surface area contributed by atoms with Crippen LogP contribution in [0.2, 0.25) is 0 Å². The SMILES string of the molecule is CC(=O)[C@H]1CCC2C3CCc4cc(O)cc(C)c4C3CC[C@@]21C. The van der Waals surface area contributed by atoms with Gasteiger partial charge in [-0.1, -0.05) is 6.92 Å². The molecule has 5 atom stereocenters. The molecule has 2 heteroatoms. The van der Waals surface area contributed by atoms with Crippen molar-refractivity contribution in [1.29, 1.82) is 0 Å². The molecule has 0 heterocycles. The summed E-state index contributed by atoms with van der Waals surface area (Å²) < 4.78 is 0. The number of fused-ring (bicyclic) bond motifs is 5. The Bertz CT molecular complexity index is 662. The molecule has 0 aromatic heterocycles. The fraction of sp³-hybridized carbons (Fsp3) is 0.667. The highest BCUT2D eigenvalue weighted by molar-refractivity contribution is 5.79. The Labute approximate surface area is 139 Å². The molecule has 2 nitrogen and oxygen atoms in total. The van der Waals surface area contributed by atoms with E-state index in [-0.39, 0.29) is 11.3 Å². The minimum Gasteiger partial charge on any atom is -0.508 e. The third kappa shape index (κ3) is 2.10. The minimum absolute atomic E-state index is 0.231. The maximum Gasteiger partial charge on any atom is 0.133 e. The molecule has 0 amide bonds. The van der Waals surface area contributed by atoms with Gasteiger partial charge in [0.1, 0.15) is 11.5 Å². The number of benzene rings is 1. The molecule has 23 heavy (non-hydrogen) atoms. The van der Waals surface area contributed by atoms with Crippen molar-refractivity contribution in [2.75, 3.05) is 0 Å². The second kappa shape index (κ2) is 5.09. The highest BCUT2D eigenvalue weighted by Crippen LogP contribution is 2.63. The molecule has 3 aliphatic rings. The van der Waals surface area contributed by atoms with Crippen LogP contribution in [-0.4, -0.2) is 10.9 Å². The van der Waals surface area contributed by atoms with E-state index >= 15 is 0 Å². The van der Waals surface area contributed by atoms with E-state index in [0.717, 1.165) is 18.8 Å². The second-order valence-corrected chi connectivity index (χ2v) is 8.54. The number of phenolic OH excluding ortho intramolecular Hbond substituents is 1. The molecule has 0 saturated heterocycles. The zero-order valence-corrected chi connectivity index (χ0v) is 14.6. The molecule has 0 aliphatic heterocycles. The molecule has 0 radical (unpaired) electrons. The number of carbonyl (C=O) groups is 1. The Hall–Kier alpha value is -1.31. The van der Waals surface area contributed by atoms with Gasteiger partial charge in [0.15, 0.2) is 0 Å². The summed E-state index contributed by atoms with van der Waals surface area (Å²) in [5.74, 6) is 3.19. The van der Waals surface area contributed by atoms with Crippen LogP contribution in [0.25, 0.3) is 0 Å². The lowest BCUT2D eigenvalue weighted by molar-refractivity contribution is -0.125. The van der Waals surface area contributed by atoms with Crippen LogP contribution in [0.15, 0.2) is 12.1 Å². The number of hydrogen-bond acceptors (Lipinski definition) is 2. The average Bonchev–Trinajstić information content (AvgIpc) is 2.83. The molecule has 1 N–H and O–H groups in total. The van der Waals surface area contributed by atoms with E-state index in [9.17, 15) is 9.90 Å². The van der Waals surface area contributed by atoms with Gasteiger partial charge >= 0.3 is 0 Å². The van der Waals surface area contributed by atoms with Crippen molar-refractivity contribution >= 4 is 5.78 Å². The molecule has 124 valence electrons. The predicted molar refractivity (Wildman–Crippen MR) is 91.6 cm³/mol. The molecule has 1 aromatic rings. The maximum absolute atomic E-state index is 12.1. The molecule has 2 saturated carbocycles. The highest BCUT2D eigenvalue weighted by atomic mass is 16.3. The normalized spacial score (nSPS) is 38.6. The summed E-state index contributed by atoms with van der Waals surface area (Å²) in [6, 6.07) is 3.92. The molecule has 1 aromatic carbocycles. The van der Waals surface area contributed by atoms with Crippen LogP contribution in [0.4, 0.5) is 0 Å². The smallest absolute Gasteiger partial charge is 0.133 e. The maximum atomic E-state index is 12.1. The van der Waals surface area contributed by atoms with Gasteiger partial charge in [-0.15, -0.1) is 0 Å². The van der Waals surface area contributed by atoms with E-state index < -0.39 is 0 Å². The van der Waals surface area contributed by atoms with E-state index in [1.807, 2.05) is 12.1 Å². The van der Waals surface area contributed by atoms with Gasteiger partial charge in [-0.3, -0.25) is 4.79 Å². The molecule has 3 aliphatic carbocycles. The zero-order valence-electron chi connectivity index (χ0n) is 14.6. The Kier molecular flexibility index (Phi) is 3.37. The van der Waals surface area contributed by atoms with Crippen molar-refractivity contribution in [3.63, 3.8) is 0 Å². The highest BCUT2D eigenvalue weighted by Gasteiger charge is 2.55. The average molecular weight is 312 g/mol. The van der Waals surface area contributed by atoms with Crippen molar-refractivity contribution in [1.82, 2.24) is 0 Å². The Morgan fingerprint density at radius 2 is 2.00 bits per heavy atom. The largest absolute Gasteiger partial charge is 0.508 e. The first kappa shape index (κ1) is 15.2. The summed E-state index contributed by atoms with van der Waals surface area (Å²) in [5, 5.41) is 9.91. The van der Waals surface area contributed by atoms with Gasteiger partial charge < -0.3 is 5.11 Å². The predicted octanol–water partition coefficient (Wildman–Crippen LogP) is 4.76. The number of aromatic hydroxyl groups is 1. The lowest BCUT2D eigenvalue weighted by Crippen LogP contribution is -2.43. The number of phenols is 1. The number of hydrogen-bond donors (Lipinski definition) is 1. The summed E-state index contributed by atoms with van der Waals surface area (Å²) in [6.07, 6.45) is 7.03. The summed E-state index contributed by atoms with van der Waals surface area (Å²) in [5.41, 5.74) is 4.38. The van der Waals surface area contributed by atoms with Crippen LogP contribution in [-0.2, 0) is 11.2 Å².